The van der Waals surface area contributed by atoms with Gasteiger partial charge in [-0.3, -0.25) is 0 Å². The van der Waals surface area contributed by atoms with Crippen molar-refractivity contribution in [3.8, 4) is 0 Å². The van der Waals surface area contributed by atoms with E-state index in [1.54, 1.807) is 12.1 Å². The molecule has 0 radical (unpaired) electrons. The summed E-state index contributed by atoms with van der Waals surface area (Å²) in [6.45, 7) is 8.65. The number of rotatable bonds is 7. The summed E-state index contributed by atoms with van der Waals surface area (Å²) in [5, 5.41) is 3.45. The minimum atomic E-state index is -0.154. The van der Waals surface area contributed by atoms with Crippen molar-refractivity contribution in [2.45, 2.75) is 40.0 Å². The fourth-order valence-corrected chi connectivity index (χ4v) is 2.24. The van der Waals surface area contributed by atoms with Gasteiger partial charge in [0.25, 0.3) is 0 Å². The molecule has 0 atom stereocenters. The van der Waals surface area contributed by atoms with Crippen LogP contribution in [0.15, 0.2) is 24.3 Å². The largest absolute Gasteiger partial charge is 0.316 e. The first-order valence-corrected chi connectivity index (χ1v) is 6.61. The van der Waals surface area contributed by atoms with Crippen LogP contribution in [0.1, 0.15) is 39.2 Å². The lowest BCUT2D eigenvalue weighted by Gasteiger charge is -2.32. The van der Waals surface area contributed by atoms with Gasteiger partial charge in [0.1, 0.15) is 5.82 Å². The molecule has 0 amide bonds. The Balaban J connectivity index is 2.74. The van der Waals surface area contributed by atoms with Crippen LogP contribution in [0.3, 0.4) is 0 Å². The zero-order valence-electron chi connectivity index (χ0n) is 11.2. The molecule has 0 unspecified atom stereocenters. The Labute approximate surface area is 104 Å². The van der Waals surface area contributed by atoms with Gasteiger partial charge in [0.05, 0.1) is 0 Å². The van der Waals surface area contributed by atoms with Gasteiger partial charge in [-0.15, -0.1) is 0 Å². The van der Waals surface area contributed by atoms with Gasteiger partial charge in [-0.25, -0.2) is 4.39 Å². The van der Waals surface area contributed by atoms with Crippen LogP contribution < -0.4 is 5.32 Å². The van der Waals surface area contributed by atoms with Gasteiger partial charge in [-0.2, -0.15) is 0 Å². The quantitative estimate of drug-likeness (QED) is 0.761. The molecule has 1 aromatic rings. The molecule has 0 saturated carbocycles. The number of hydrogen-bond acceptors (Lipinski definition) is 1. The Kier molecular flexibility index (Phi) is 5.63. The van der Waals surface area contributed by atoms with Crippen molar-refractivity contribution in [1.29, 1.82) is 0 Å². The molecule has 0 aliphatic carbocycles. The van der Waals surface area contributed by atoms with E-state index >= 15 is 0 Å². The molecule has 0 fully saturated rings. The number of hydrogen-bond donors (Lipinski definition) is 1. The summed E-state index contributed by atoms with van der Waals surface area (Å²) in [7, 11) is 0. The second kappa shape index (κ2) is 6.75. The van der Waals surface area contributed by atoms with Crippen molar-refractivity contribution < 1.29 is 4.39 Å². The molecule has 17 heavy (non-hydrogen) atoms. The summed E-state index contributed by atoms with van der Waals surface area (Å²) in [5.41, 5.74) is 1.53. The van der Waals surface area contributed by atoms with Crippen molar-refractivity contribution in [2.75, 3.05) is 13.1 Å². The van der Waals surface area contributed by atoms with E-state index in [1.165, 1.54) is 5.56 Å². The average Bonchev–Trinajstić information content (AvgIpc) is 2.37. The molecule has 96 valence electrons. The fourth-order valence-electron chi connectivity index (χ4n) is 2.24. The van der Waals surface area contributed by atoms with Crippen LogP contribution in [0.5, 0.6) is 0 Å². The van der Waals surface area contributed by atoms with Gasteiger partial charge in [0, 0.05) is 6.54 Å². The lowest BCUT2D eigenvalue weighted by atomic mass is 9.77. The summed E-state index contributed by atoms with van der Waals surface area (Å²) in [4.78, 5) is 0. The minimum Gasteiger partial charge on any atom is -0.316 e. The summed E-state index contributed by atoms with van der Waals surface area (Å²) in [6.07, 6.45) is 3.31. The van der Waals surface area contributed by atoms with Gasteiger partial charge in [-0.05, 0) is 48.9 Å². The van der Waals surface area contributed by atoms with E-state index in [9.17, 15) is 4.39 Å². The molecule has 0 heterocycles. The predicted molar refractivity (Wildman–Crippen MR) is 71.7 cm³/mol. The Bertz CT molecular complexity index is 314. The maximum Gasteiger partial charge on any atom is 0.123 e. The van der Waals surface area contributed by atoms with Gasteiger partial charge >= 0.3 is 0 Å². The zero-order valence-corrected chi connectivity index (χ0v) is 11.2. The fraction of sp³-hybridized carbons (Fsp3) is 0.600. The maximum absolute atomic E-state index is 12.9. The predicted octanol–water partition coefficient (Wildman–Crippen LogP) is 3.78. The van der Waals surface area contributed by atoms with Crippen molar-refractivity contribution >= 4 is 0 Å². The van der Waals surface area contributed by atoms with Crippen molar-refractivity contribution in [1.82, 2.24) is 5.32 Å². The second-order valence-electron chi connectivity index (χ2n) is 4.79. The van der Waals surface area contributed by atoms with Crippen LogP contribution in [0.25, 0.3) is 0 Å². The van der Waals surface area contributed by atoms with E-state index < -0.39 is 0 Å². The van der Waals surface area contributed by atoms with Crippen molar-refractivity contribution in [2.24, 2.45) is 5.41 Å². The topological polar surface area (TPSA) is 12.0 Å². The summed E-state index contributed by atoms with van der Waals surface area (Å²) < 4.78 is 12.9. The van der Waals surface area contributed by atoms with Crippen LogP contribution in [-0.4, -0.2) is 13.1 Å². The Morgan fingerprint density at radius 1 is 1.06 bits per heavy atom. The van der Waals surface area contributed by atoms with Gasteiger partial charge < -0.3 is 5.32 Å². The molecule has 0 aromatic heterocycles. The van der Waals surface area contributed by atoms with Crippen molar-refractivity contribution in [3.63, 3.8) is 0 Å². The highest BCUT2D eigenvalue weighted by atomic mass is 19.1. The minimum absolute atomic E-state index is 0.154. The van der Waals surface area contributed by atoms with Gasteiger partial charge in [0.15, 0.2) is 0 Å². The van der Waals surface area contributed by atoms with E-state index in [0.29, 0.717) is 5.41 Å². The summed E-state index contributed by atoms with van der Waals surface area (Å²) >= 11 is 0. The monoisotopic (exact) mass is 237 g/mol. The average molecular weight is 237 g/mol. The molecule has 0 aliphatic heterocycles. The van der Waals surface area contributed by atoms with Gasteiger partial charge in [-0.1, -0.05) is 32.9 Å². The number of halogens is 1. The molecule has 0 saturated heterocycles. The normalized spacial score (nSPS) is 11.8. The molecule has 0 aliphatic rings. The highest BCUT2D eigenvalue weighted by Crippen LogP contribution is 2.30. The highest BCUT2D eigenvalue weighted by Gasteiger charge is 2.25. The van der Waals surface area contributed by atoms with E-state index in [2.05, 4.69) is 26.1 Å². The van der Waals surface area contributed by atoms with Crippen molar-refractivity contribution in [3.05, 3.63) is 35.6 Å². The van der Waals surface area contributed by atoms with E-state index in [4.69, 9.17) is 0 Å². The third kappa shape index (κ3) is 4.12. The Hall–Kier alpha value is -0.890. The van der Waals surface area contributed by atoms with Crippen LogP contribution in [0.2, 0.25) is 0 Å². The first-order chi connectivity index (χ1) is 8.15. The maximum atomic E-state index is 12.9. The lowest BCUT2D eigenvalue weighted by Crippen LogP contribution is -2.35. The smallest absolute Gasteiger partial charge is 0.123 e. The molecular weight excluding hydrogens is 213 g/mol. The molecular formula is C15H24FN. The third-order valence-electron chi connectivity index (χ3n) is 3.74. The molecule has 0 spiro atoms. The SMILES string of the molecule is CCNCC(CC)(CC)Cc1ccc(F)cc1. The molecule has 0 bridgehead atoms. The van der Waals surface area contributed by atoms with Crippen LogP contribution in [-0.2, 0) is 6.42 Å². The molecule has 1 aromatic carbocycles. The molecule has 1 rings (SSSR count). The second-order valence-corrected chi connectivity index (χ2v) is 4.79. The number of nitrogens with one attached hydrogen (secondary N) is 1. The third-order valence-corrected chi connectivity index (χ3v) is 3.74. The number of benzene rings is 1. The van der Waals surface area contributed by atoms with E-state index in [1.807, 2.05) is 12.1 Å². The molecule has 2 heteroatoms. The van der Waals surface area contributed by atoms with Crippen LogP contribution >= 0.6 is 0 Å². The Morgan fingerprint density at radius 3 is 2.12 bits per heavy atom. The summed E-state index contributed by atoms with van der Waals surface area (Å²) in [6, 6.07) is 6.92. The van der Waals surface area contributed by atoms with Gasteiger partial charge in [0.2, 0.25) is 0 Å². The first-order valence-electron chi connectivity index (χ1n) is 6.61. The van der Waals surface area contributed by atoms with E-state index in [0.717, 1.165) is 32.4 Å². The van der Waals surface area contributed by atoms with Crippen LogP contribution in [0.4, 0.5) is 4.39 Å². The zero-order chi connectivity index (χ0) is 12.7. The lowest BCUT2D eigenvalue weighted by molar-refractivity contribution is 0.248. The summed E-state index contributed by atoms with van der Waals surface area (Å²) in [5.74, 6) is -0.154. The van der Waals surface area contributed by atoms with E-state index in [-0.39, 0.29) is 5.82 Å². The standard InChI is InChI=1S/C15H24FN/c1-4-15(5-2,12-17-6-3)11-13-7-9-14(16)10-8-13/h7-10,17H,4-6,11-12H2,1-3H3. The molecule has 1 nitrogen and oxygen atoms in total. The Morgan fingerprint density at radius 2 is 1.65 bits per heavy atom. The first kappa shape index (κ1) is 14.2. The molecule has 1 N–H and O–H groups in total. The van der Waals surface area contributed by atoms with Crippen LogP contribution in [0, 0.1) is 11.2 Å². The highest BCUT2D eigenvalue weighted by molar-refractivity contribution is 5.18.